The van der Waals surface area contributed by atoms with Crippen molar-refractivity contribution in [2.24, 2.45) is 16.0 Å². The van der Waals surface area contributed by atoms with E-state index in [9.17, 15) is 52.2 Å². The van der Waals surface area contributed by atoms with Gasteiger partial charge in [0, 0.05) is 41.1 Å². The first-order valence-electron chi connectivity index (χ1n) is 22.4. The average molecular weight is 1130 g/mol. The number of rotatable bonds is 29. The topological polar surface area (TPSA) is 477 Å². The van der Waals surface area contributed by atoms with Crippen LogP contribution in [0.1, 0.15) is 95.2 Å². The number of esters is 2. The molecule has 3 aromatic rings. The molecule has 2 amide bonds. The van der Waals surface area contributed by atoms with Crippen molar-refractivity contribution >= 4 is 52.9 Å². The molecule has 2 heterocycles. The minimum Gasteiger partial charge on any atom is -0.462 e. The summed E-state index contributed by atoms with van der Waals surface area (Å²) in [5.41, 5.74) is 21.7. The summed E-state index contributed by atoms with van der Waals surface area (Å²) >= 11 is 0. The van der Waals surface area contributed by atoms with E-state index in [2.05, 4.69) is 51.1 Å². The Morgan fingerprint density at radius 2 is 1.58 bits per heavy atom. The van der Waals surface area contributed by atoms with Crippen molar-refractivity contribution in [3.8, 4) is 11.8 Å². The second-order valence-electron chi connectivity index (χ2n) is 15.7. The lowest BCUT2D eigenvalue weighted by atomic mass is 10.0. The monoisotopic (exact) mass is 1130 g/mol. The van der Waals surface area contributed by atoms with Crippen LogP contribution in [0, 0.1) is 11.8 Å². The number of carbonyl (C=O) groups is 4. The van der Waals surface area contributed by atoms with Crippen molar-refractivity contribution in [1.29, 1.82) is 0 Å². The number of azide groups is 2. The van der Waals surface area contributed by atoms with Gasteiger partial charge in [0.1, 0.15) is 30.6 Å². The Balaban J connectivity index is 1.36. The van der Waals surface area contributed by atoms with E-state index in [-0.39, 0.29) is 80.1 Å². The molecule has 76 heavy (non-hydrogen) atoms. The smallest absolute Gasteiger partial charge is 0.462 e. The molecule has 1 saturated heterocycles. The molecule has 35 heteroatoms. The van der Waals surface area contributed by atoms with E-state index in [1.54, 1.807) is 13.0 Å². The summed E-state index contributed by atoms with van der Waals surface area (Å²) in [4.78, 5) is 122. The van der Waals surface area contributed by atoms with Gasteiger partial charge in [-0.25, -0.2) is 28.1 Å². The van der Waals surface area contributed by atoms with Crippen LogP contribution in [0.15, 0.2) is 68.5 Å². The maximum Gasteiger partial charge on any atom is 0.490 e. The Morgan fingerprint density at radius 3 is 2.28 bits per heavy atom. The molecular formula is C41H52N11O21P3. The number of phosphoric ester groups is 1. The lowest BCUT2D eigenvalue weighted by Gasteiger charge is -2.21. The van der Waals surface area contributed by atoms with Gasteiger partial charge in [-0.05, 0) is 59.3 Å². The molecular weight excluding hydrogens is 1080 g/mol. The van der Waals surface area contributed by atoms with Crippen molar-refractivity contribution < 1.29 is 89.3 Å². The Hall–Kier alpha value is -6.57. The fraction of sp³-hybridized carbons (Fsp3) is 0.463. The predicted molar refractivity (Wildman–Crippen MR) is 260 cm³/mol. The van der Waals surface area contributed by atoms with E-state index in [1.165, 1.54) is 43.3 Å². The first kappa shape index (κ1) is 62.0. The van der Waals surface area contributed by atoms with Crippen molar-refractivity contribution in [2.75, 3.05) is 58.0 Å². The number of amides is 2. The number of nitrogens with zero attached hydrogens (tertiary/aromatic N) is 7. The van der Waals surface area contributed by atoms with Gasteiger partial charge >= 0.3 is 41.1 Å². The van der Waals surface area contributed by atoms with Crippen LogP contribution >= 0.6 is 23.5 Å². The van der Waals surface area contributed by atoms with Crippen LogP contribution in [-0.4, -0.2) is 118 Å². The number of hydrogen-bond donors (Lipinski definition) is 8. The number of ether oxygens (including phenoxy) is 5. The van der Waals surface area contributed by atoms with Crippen molar-refractivity contribution in [2.45, 2.75) is 70.1 Å². The fourth-order valence-electron chi connectivity index (χ4n) is 6.77. The second-order valence-corrected chi connectivity index (χ2v) is 20.1. The van der Waals surface area contributed by atoms with Gasteiger partial charge in [0.2, 0.25) is 11.8 Å². The van der Waals surface area contributed by atoms with Gasteiger partial charge in [-0.1, -0.05) is 54.1 Å². The summed E-state index contributed by atoms with van der Waals surface area (Å²) in [7, 11) is -17.4. The number of nitrogens with one attached hydrogen (secondary N) is 3. The van der Waals surface area contributed by atoms with Crippen LogP contribution < -0.4 is 27.6 Å². The molecule has 1 aromatic heterocycles. The predicted octanol–water partition coefficient (Wildman–Crippen LogP) is 3.56. The summed E-state index contributed by atoms with van der Waals surface area (Å²) in [5.74, 6) is 2.33. The fourth-order valence-corrected chi connectivity index (χ4v) is 9.80. The summed E-state index contributed by atoms with van der Waals surface area (Å²) in [6, 6.07) is 8.44. The van der Waals surface area contributed by atoms with E-state index >= 15 is 0 Å². The van der Waals surface area contributed by atoms with Crippen LogP contribution in [0.5, 0.6) is 0 Å². The molecule has 5 unspecified atom stereocenters. The number of carbonyl (C=O) groups excluding carboxylic acids is 4. The summed E-state index contributed by atoms with van der Waals surface area (Å²) in [6.07, 6.45) is -3.55. The standard InChI is InChI=1S/C41H52N11O21P3/c1-25(48-50-43)29-9-3-4-10-30(29)40(57)71-33-21-37(70-34(33)23-69-75(62,63)73-76(64,65)72-74(59,60)61)52-22-27(38(55)47-41(52)58)8-7-15-45-35(53)11-5-6-16-68-39(56)31-13-12-28(20-32(31)26(2)49-51-44)46-36(54)24-67-19-18-66-17-14-42/h3-4,9-10,12-13,20,22,25-26,33-34,37H,5-6,11,14-19,21,23-24,42H2,1-2H3,(H,45,53)(H,46,54)(H,62,63)(H,64,65)(H,47,55,58)(H2,59,60,61)/t25?,26?,33?,34-,37-/m1/s1. The van der Waals surface area contributed by atoms with E-state index < -0.39 is 102 Å². The third-order valence-corrected chi connectivity index (χ3v) is 13.9. The van der Waals surface area contributed by atoms with Gasteiger partial charge in [0.15, 0.2) is 0 Å². The average Bonchev–Trinajstić information content (AvgIpc) is 3.74. The van der Waals surface area contributed by atoms with Gasteiger partial charge in [-0.2, -0.15) is 8.62 Å². The molecule has 0 bridgehead atoms. The number of hydrogen-bond acceptors (Lipinski definition) is 20. The Labute approximate surface area is 430 Å². The molecule has 412 valence electrons. The normalized spacial score (nSPS) is 17.4. The maximum absolute atomic E-state index is 13.5. The first-order valence-corrected chi connectivity index (χ1v) is 26.9. The zero-order chi connectivity index (χ0) is 56.1. The first-order chi connectivity index (χ1) is 36.0. The van der Waals surface area contributed by atoms with E-state index in [1.807, 2.05) is 4.98 Å². The molecule has 0 saturated carbocycles. The van der Waals surface area contributed by atoms with Gasteiger partial charge in [-0.15, -0.1) is 0 Å². The number of unbranched alkanes of at least 4 members (excludes halogenated alkanes) is 1. The summed E-state index contributed by atoms with van der Waals surface area (Å²) < 4.78 is 75.9. The van der Waals surface area contributed by atoms with Gasteiger partial charge < -0.3 is 59.6 Å². The van der Waals surface area contributed by atoms with Gasteiger partial charge in [0.05, 0.1) is 62.8 Å². The highest BCUT2D eigenvalue weighted by Gasteiger charge is 2.45. The molecule has 1 aliphatic heterocycles. The van der Waals surface area contributed by atoms with Crippen molar-refractivity contribution in [1.82, 2.24) is 14.9 Å². The van der Waals surface area contributed by atoms with Gasteiger partial charge in [0.25, 0.3) is 5.56 Å². The van der Waals surface area contributed by atoms with E-state index in [0.717, 1.165) is 10.8 Å². The zero-order valence-corrected chi connectivity index (χ0v) is 43.0. The minimum atomic E-state index is -5.94. The maximum atomic E-state index is 13.5. The summed E-state index contributed by atoms with van der Waals surface area (Å²) in [5, 5.41) is 12.4. The van der Waals surface area contributed by atoms with Crippen molar-refractivity contribution in [3.05, 3.63) is 118 Å². The quantitative estimate of drug-likeness (QED) is 0.00936. The number of nitrogens with two attached hydrogens (primary N) is 1. The lowest BCUT2D eigenvalue weighted by molar-refractivity contribution is -0.121. The molecule has 2 aromatic carbocycles. The second kappa shape index (κ2) is 29.7. The molecule has 7 atom stereocenters. The molecule has 4 rings (SSSR count). The molecule has 0 aliphatic carbocycles. The Morgan fingerprint density at radius 1 is 0.895 bits per heavy atom. The Kier molecular flexibility index (Phi) is 24.2. The molecule has 9 N–H and O–H groups in total. The summed E-state index contributed by atoms with van der Waals surface area (Å²) in [6.45, 7) is 2.37. The number of phosphoric acid groups is 3. The van der Waals surface area contributed by atoms with E-state index in [4.69, 9.17) is 54.8 Å². The lowest BCUT2D eigenvalue weighted by Crippen LogP contribution is -2.34. The largest absolute Gasteiger partial charge is 0.490 e. The van der Waals surface area contributed by atoms with Crippen LogP contribution in [0.3, 0.4) is 0 Å². The van der Waals surface area contributed by atoms with Gasteiger partial charge in [-0.3, -0.25) is 28.5 Å². The van der Waals surface area contributed by atoms with E-state index in [0.29, 0.717) is 18.8 Å². The van der Waals surface area contributed by atoms with Crippen LogP contribution in [-0.2, 0) is 60.1 Å². The van der Waals surface area contributed by atoms with Crippen molar-refractivity contribution in [3.63, 3.8) is 0 Å². The molecule has 0 radical (unpaired) electrons. The highest BCUT2D eigenvalue weighted by molar-refractivity contribution is 7.66. The minimum absolute atomic E-state index is 0.0326. The Bertz CT molecular complexity index is 3000. The van der Waals surface area contributed by atoms with Crippen LogP contribution in [0.25, 0.3) is 20.9 Å². The van der Waals surface area contributed by atoms with Crippen LogP contribution in [0.4, 0.5) is 5.69 Å². The molecule has 32 nitrogen and oxygen atoms in total. The molecule has 1 aliphatic rings. The number of H-pyrrole nitrogens is 1. The molecule has 0 spiro atoms. The SMILES string of the molecule is CC(N=[N+]=[N-])c1cc(NC(=O)COCCOCCN)ccc1C(=O)OCCCCC(=O)NCC#Cc1cn([C@H]2CC(OC(=O)c3ccccc3C(C)N=[N+]=[N-])[C@@H](COP(=O)(O)OP(=O)(O)OP(=O)(O)O)O2)c(=O)[nH]c1=O. The van der Waals surface area contributed by atoms with Crippen LogP contribution in [0.2, 0.25) is 0 Å². The number of aromatic nitrogens is 2. The zero-order valence-electron chi connectivity index (χ0n) is 40.3. The number of benzene rings is 2. The third-order valence-electron chi connectivity index (χ3n) is 10.1. The number of anilines is 1. The highest BCUT2D eigenvalue weighted by Crippen LogP contribution is 2.66. The number of aromatic amines is 1. The third kappa shape index (κ3) is 20.5. The highest BCUT2D eigenvalue weighted by atomic mass is 31.3. The molecule has 1 fully saturated rings.